The first-order valence-electron chi connectivity index (χ1n) is 12.7. The summed E-state index contributed by atoms with van der Waals surface area (Å²) in [6.45, 7) is 4.77. The molecular weight excluding hydrogens is 468 g/mol. The van der Waals surface area contributed by atoms with E-state index in [2.05, 4.69) is 6.92 Å². The van der Waals surface area contributed by atoms with Gasteiger partial charge in [-0.2, -0.15) is 4.39 Å². The summed E-state index contributed by atoms with van der Waals surface area (Å²) in [6.07, 6.45) is 6.89. The SMILES string of the molecule is CCCC1CCC(CCc2ccc(-c3ccc(-c4ccc(OCC)c(F)c4F)c(F)c3F)cc2)CO1. The molecule has 2 unspecified atom stereocenters. The smallest absolute Gasteiger partial charge is 0.201 e. The third kappa shape index (κ3) is 5.75. The molecule has 2 atom stereocenters. The minimum Gasteiger partial charge on any atom is -0.491 e. The van der Waals surface area contributed by atoms with Crippen LogP contribution < -0.4 is 4.74 Å². The number of hydrogen-bond acceptors (Lipinski definition) is 2. The maximum absolute atomic E-state index is 15.0. The quantitative estimate of drug-likeness (QED) is 0.274. The maximum Gasteiger partial charge on any atom is 0.201 e. The molecule has 0 amide bonds. The topological polar surface area (TPSA) is 18.5 Å². The minimum atomic E-state index is -1.28. The second-order valence-corrected chi connectivity index (χ2v) is 9.38. The Morgan fingerprint density at radius 2 is 1.39 bits per heavy atom. The van der Waals surface area contributed by atoms with E-state index in [1.54, 1.807) is 19.1 Å². The molecule has 1 fully saturated rings. The molecule has 3 aromatic rings. The number of benzene rings is 3. The van der Waals surface area contributed by atoms with E-state index in [9.17, 15) is 13.2 Å². The largest absolute Gasteiger partial charge is 0.491 e. The van der Waals surface area contributed by atoms with Crippen molar-refractivity contribution in [3.8, 4) is 28.0 Å². The molecule has 1 aliphatic rings. The van der Waals surface area contributed by atoms with Crippen molar-refractivity contribution in [2.24, 2.45) is 5.92 Å². The van der Waals surface area contributed by atoms with Crippen LogP contribution in [0.4, 0.5) is 17.6 Å². The van der Waals surface area contributed by atoms with Crippen LogP contribution in [0, 0.1) is 29.2 Å². The van der Waals surface area contributed by atoms with Gasteiger partial charge in [0.2, 0.25) is 5.82 Å². The van der Waals surface area contributed by atoms with Gasteiger partial charge in [-0.1, -0.05) is 49.7 Å². The zero-order valence-corrected chi connectivity index (χ0v) is 20.8. The van der Waals surface area contributed by atoms with E-state index in [1.807, 2.05) is 12.1 Å². The van der Waals surface area contributed by atoms with Gasteiger partial charge in [-0.25, -0.2) is 13.2 Å². The van der Waals surface area contributed by atoms with Crippen molar-refractivity contribution in [3.05, 3.63) is 77.4 Å². The summed E-state index contributed by atoms with van der Waals surface area (Å²) < 4.78 is 69.8. The third-order valence-electron chi connectivity index (χ3n) is 6.90. The lowest BCUT2D eigenvalue weighted by Crippen LogP contribution is -2.26. The van der Waals surface area contributed by atoms with E-state index in [-0.39, 0.29) is 29.0 Å². The Morgan fingerprint density at radius 3 is 2.03 bits per heavy atom. The highest BCUT2D eigenvalue weighted by Crippen LogP contribution is 2.35. The summed E-state index contributed by atoms with van der Waals surface area (Å²) in [7, 11) is 0. The van der Waals surface area contributed by atoms with Crippen molar-refractivity contribution in [2.45, 2.75) is 58.5 Å². The van der Waals surface area contributed by atoms with Gasteiger partial charge >= 0.3 is 0 Å². The Labute approximate surface area is 210 Å². The highest BCUT2D eigenvalue weighted by molar-refractivity contribution is 5.72. The van der Waals surface area contributed by atoms with Gasteiger partial charge in [0.1, 0.15) is 0 Å². The molecule has 1 heterocycles. The van der Waals surface area contributed by atoms with Crippen LogP contribution in [0.15, 0.2) is 48.5 Å². The summed E-state index contributed by atoms with van der Waals surface area (Å²) >= 11 is 0. The molecule has 36 heavy (non-hydrogen) atoms. The van der Waals surface area contributed by atoms with E-state index >= 15 is 4.39 Å². The van der Waals surface area contributed by atoms with Gasteiger partial charge in [-0.3, -0.25) is 0 Å². The summed E-state index contributed by atoms with van der Waals surface area (Å²) in [4.78, 5) is 0. The van der Waals surface area contributed by atoms with Crippen molar-refractivity contribution in [1.29, 1.82) is 0 Å². The summed E-state index contributed by atoms with van der Waals surface area (Å²) in [5.74, 6) is -4.56. The van der Waals surface area contributed by atoms with Crippen LogP contribution in [0.25, 0.3) is 22.3 Å². The average molecular weight is 501 g/mol. The number of aryl methyl sites for hydroxylation is 1. The highest BCUT2D eigenvalue weighted by Gasteiger charge is 2.23. The van der Waals surface area contributed by atoms with E-state index < -0.39 is 23.3 Å². The van der Waals surface area contributed by atoms with Crippen LogP contribution in [-0.2, 0) is 11.2 Å². The van der Waals surface area contributed by atoms with E-state index in [0.717, 1.165) is 44.3 Å². The molecule has 0 saturated carbocycles. The predicted octanol–water partition coefficient (Wildman–Crippen LogP) is 8.50. The number of ether oxygens (including phenoxy) is 2. The maximum atomic E-state index is 15.0. The van der Waals surface area contributed by atoms with Crippen molar-refractivity contribution < 1.29 is 27.0 Å². The van der Waals surface area contributed by atoms with Gasteiger partial charge in [0.25, 0.3) is 0 Å². The van der Waals surface area contributed by atoms with Crippen molar-refractivity contribution in [3.63, 3.8) is 0 Å². The second-order valence-electron chi connectivity index (χ2n) is 9.38. The molecule has 4 rings (SSSR count). The normalized spacial score (nSPS) is 17.8. The fraction of sp³-hybridized carbons (Fsp3) is 0.400. The third-order valence-corrected chi connectivity index (χ3v) is 6.90. The zero-order valence-electron chi connectivity index (χ0n) is 20.8. The van der Waals surface area contributed by atoms with Gasteiger partial charge in [0.15, 0.2) is 23.2 Å². The van der Waals surface area contributed by atoms with Crippen LogP contribution in [-0.4, -0.2) is 19.3 Å². The van der Waals surface area contributed by atoms with Gasteiger partial charge < -0.3 is 9.47 Å². The zero-order chi connectivity index (χ0) is 25.7. The molecular formula is C30H32F4O2. The Bertz CT molecular complexity index is 1170. The van der Waals surface area contributed by atoms with Crippen molar-refractivity contribution in [2.75, 3.05) is 13.2 Å². The van der Waals surface area contributed by atoms with E-state index in [1.165, 1.54) is 30.7 Å². The molecule has 0 aromatic heterocycles. The molecule has 1 saturated heterocycles. The second kappa shape index (κ2) is 11.9. The van der Waals surface area contributed by atoms with Crippen molar-refractivity contribution in [1.82, 2.24) is 0 Å². The first-order valence-corrected chi connectivity index (χ1v) is 12.7. The van der Waals surface area contributed by atoms with Gasteiger partial charge in [-0.05, 0) is 68.2 Å². The van der Waals surface area contributed by atoms with Crippen LogP contribution in [0.2, 0.25) is 0 Å². The van der Waals surface area contributed by atoms with Crippen molar-refractivity contribution >= 4 is 0 Å². The lowest BCUT2D eigenvalue weighted by atomic mass is 9.91. The fourth-order valence-corrected chi connectivity index (χ4v) is 4.85. The van der Waals surface area contributed by atoms with E-state index in [4.69, 9.17) is 9.47 Å². The highest BCUT2D eigenvalue weighted by atomic mass is 19.2. The Morgan fingerprint density at radius 1 is 0.750 bits per heavy atom. The molecule has 6 heteroatoms. The predicted molar refractivity (Wildman–Crippen MR) is 134 cm³/mol. The molecule has 0 N–H and O–H groups in total. The Balaban J connectivity index is 1.45. The minimum absolute atomic E-state index is 0.0669. The number of hydrogen-bond donors (Lipinski definition) is 0. The van der Waals surface area contributed by atoms with Gasteiger partial charge in [0.05, 0.1) is 12.7 Å². The standard InChI is InChI=1S/C30H32F4O2/c1-3-5-22-13-10-20(18-36-22)7-6-19-8-11-21(12-9-19)23-14-15-24(28(32)27(23)31)25-16-17-26(35-4-2)30(34)29(25)33/h8-9,11-12,14-17,20,22H,3-7,10,13,18H2,1-2H3. The van der Waals surface area contributed by atoms with Crippen LogP contribution in [0.5, 0.6) is 5.75 Å². The Kier molecular flexibility index (Phi) is 8.68. The van der Waals surface area contributed by atoms with Gasteiger partial charge in [-0.15, -0.1) is 0 Å². The summed E-state index contributed by atoms with van der Waals surface area (Å²) in [5, 5.41) is 0. The summed E-state index contributed by atoms with van der Waals surface area (Å²) in [5.41, 5.74) is 1.00. The lowest BCUT2D eigenvalue weighted by molar-refractivity contribution is -0.0218. The molecule has 0 radical (unpaired) electrons. The molecule has 2 nitrogen and oxygen atoms in total. The first kappa shape index (κ1) is 26.2. The molecule has 192 valence electrons. The number of halogens is 4. The number of rotatable bonds is 9. The van der Waals surface area contributed by atoms with Crippen LogP contribution in [0.1, 0.15) is 51.5 Å². The first-order chi connectivity index (χ1) is 17.4. The Hall–Kier alpha value is -2.86. The molecule has 0 spiro atoms. The van der Waals surface area contributed by atoms with E-state index in [0.29, 0.717) is 17.6 Å². The average Bonchev–Trinajstić information content (AvgIpc) is 2.89. The molecule has 0 bridgehead atoms. The monoisotopic (exact) mass is 500 g/mol. The van der Waals surface area contributed by atoms with Crippen LogP contribution in [0.3, 0.4) is 0 Å². The van der Waals surface area contributed by atoms with Gasteiger partial charge in [0, 0.05) is 23.3 Å². The molecule has 3 aromatic carbocycles. The lowest BCUT2D eigenvalue weighted by Gasteiger charge is -2.29. The molecule has 1 aliphatic heterocycles. The fourth-order valence-electron chi connectivity index (χ4n) is 4.85. The van der Waals surface area contributed by atoms with Crippen LogP contribution >= 0.6 is 0 Å². The summed E-state index contributed by atoms with van der Waals surface area (Å²) in [6, 6.07) is 12.4. The molecule has 0 aliphatic carbocycles.